The third-order valence-electron chi connectivity index (χ3n) is 3.71. The van der Waals surface area contributed by atoms with Crippen molar-refractivity contribution in [1.82, 2.24) is 15.1 Å². The number of piperazine rings is 1. The van der Waals surface area contributed by atoms with Crippen molar-refractivity contribution in [3.8, 4) is 5.75 Å². The van der Waals surface area contributed by atoms with E-state index in [1.54, 1.807) is 13.2 Å². The molecular formula is C15H24FN3O. The normalized spacial score (nSPS) is 16.6. The van der Waals surface area contributed by atoms with Crippen LogP contribution in [0.2, 0.25) is 0 Å². The van der Waals surface area contributed by atoms with Crippen LogP contribution < -0.4 is 10.1 Å². The van der Waals surface area contributed by atoms with Crippen molar-refractivity contribution in [2.24, 2.45) is 0 Å². The molecule has 1 aliphatic rings. The fourth-order valence-electron chi connectivity index (χ4n) is 2.40. The first-order valence-corrected chi connectivity index (χ1v) is 7.13. The number of likely N-dealkylation sites (N-methyl/N-ethyl adjacent to an activating group) is 1. The standard InChI is InChI=1S/C15H24FN3O/c1-18(9-10-19-7-5-17-6-8-19)12-13-3-4-14(20-2)11-15(13)16/h3-4,11,17H,5-10,12H2,1-2H3. The van der Waals surface area contributed by atoms with Gasteiger partial charge in [0.05, 0.1) is 7.11 Å². The molecule has 0 aromatic heterocycles. The SMILES string of the molecule is COc1ccc(CN(C)CCN2CCNCC2)c(F)c1. The molecule has 112 valence electrons. The van der Waals surface area contributed by atoms with E-state index in [0.29, 0.717) is 17.9 Å². The monoisotopic (exact) mass is 281 g/mol. The predicted molar refractivity (Wildman–Crippen MR) is 78.6 cm³/mol. The molecule has 1 heterocycles. The third kappa shape index (κ3) is 4.44. The molecule has 1 aromatic carbocycles. The first-order valence-electron chi connectivity index (χ1n) is 7.13. The minimum absolute atomic E-state index is 0.196. The third-order valence-corrected chi connectivity index (χ3v) is 3.71. The van der Waals surface area contributed by atoms with Crippen LogP contribution in [0.15, 0.2) is 18.2 Å². The van der Waals surface area contributed by atoms with Gasteiger partial charge in [-0.25, -0.2) is 4.39 Å². The molecule has 4 nitrogen and oxygen atoms in total. The second kappa shape index (κ2) is 7.57. The van der Waals surface area contributed by atoms with Crippen molar-refractivity contribution in [3.05, 3.63) is 29.6 Å². The zero-order valence-corrected chi connectivity index (χ0v) is 12.4. The molecule has 0 unspecified atom stereocenters. The molecule has 1 fully saturated rings. The van der Waals surface area contributed by atoms with Gasteiger partial charge in [0.1, 0.15) is 11.6 Å². The van der Waals surface area contributed by atoms with E-state index in [2.05, 4.69) is 15.1 Å². The minimum Gasteiger partial charge on any atom is -0.497 e. The zero-order valence-electron chi connectivity index (χ0n) is 12.4. The van der Waals surface area contributed by atoms with E-state index in [1.165, 1.54) is 6.07 Å². The molecule has 0 aliphatic carbocycles. The fourth-order valence-corrected chi connectivity index (χ4v) is 2.40. The van der Waals surface area contributed by atoms with Crippen molar-refractivity contribution in [1.29, 1.82) is 0 Å². The summed E-state index contributed by atoms with van der Waals surface area (Å²) in [5.41, 5.74) is 0.716. The fraction of sp³-hybridized carbons (Fsp3) is 0.600. The second-order valence-electron chi connectivity index (χ2n) is 5.29. The van der Waals surface area contributed by atoms with Crippen LogP contribution in [0.4, 0.5) is 4.39 Å². The number of ether oxygens (including phenoxy) is 1. The van der Waals surface area contributed by atoms with Gasteiger partial charge in [0.25, 0.3) is 0 Å². The number of benzene rings is 1. The van der Waals surface area contributed by atoms with Crippen LogP contribution in [-0.2, 0) is 6.54 Å². The number of nitrogens with one attached hydrogen (secondary N) is 1. The molecule has 0 amide bonds. The van der Waals surface area contributed by atoms with Gasteiger partial charge in [-0.3, -0.25) is 4.90 Å². The Hall–Kier alpha value is -1.17. The summed E-state index contributed by atoms with van der Waals surface area (Å²) in [6, 6.07) is 5.05. The van der Waals surface area contributed by atoms with Crippen molar-refractivity contribution >= 4 is 0 Å². The lowest BCUT2D eigenvalue weighted by Gasteiger charge is -2.29. The Labute approximate surface area is 120 Å². The van der Waals surface area contributed by atoms with Crippen LogP contribution in [0.3, 0.4) is 0 Å². The van der Waals surface area contributed by atoms with Crippen LogP contribution in [-0.4, -0.2) is 63.2 Å². The van der Waals surface area contributed by atoms with Crippen LogP contribution in [0, 0.1) is 5.82 Å². The molecule has 1 N–H and O–H groups in total. The summed E-state index contributed by atoms with van der Waals surface area (Å²) in [6.45, 7) is 6.95. The van der Waals surface area contributed by atoms with Crippen LogP contribution >= 0.6 is 0 Å². The lowest BCUT2D eigenvalue weighted by Crippen LogP contribution is -2.45. The summed E-state index contributed by atoms with van der Waals surface area (Å²) in [4.78, 5) is 4.60. The van der Waals surface area contributed by atoms with Crippen molar-refractivity contribution in [2.75, 3.05) is 53.4 Å². The highest BCUT2D eigenvalue weighted by atomic mass is 19.1. The van der Waals surface area contributed by atoms with Gasteiger partial charge in [-0.1, -0.05) is 6.07 Å². The first-order chi connectivity index (χ1) is 9.69. The van der Waals surface area contributed by atoms with Crippen LogP contribution in [0.5, 0.6) is 5.75 Å². The number of halogens is 1. The molecule has 0 atom stereocenters. The highest BCUT2D eigenvalue weighted by Gasteiger charge is 2.11. The van der Waals surface area contributed by atoms with E-state index in [0.717, 1.165) is 39.3 Å². The molecule has 0 bridgehead atoms. The number of rotatable bonds is 6. The Kier molecular flexibility index (Phi) is 5.76. The van der Waals surface area contributed by atoms with E-state index in [1.807, 2.05) is 13.1 Å². The van der Waals surface area contributed by atoms with Crippen molar-refractivity contribution in [2.45, 2.75) is 6.54 Å². The van der Waals surface area contributed by atoms with E-state index < -0.39 is 0 Å². The van der Waals surface area contributed by atoms with Crippen molar-refractivity contribution in [3.63, 3.8) is 0 Å². The maximum atomic E-state index is 13.9. The molecule has 1 aliphatic heterocycles. The minimum atomic E-state index is -0.196. The molecule has 0 radical (unpaired) electrons. The van der Waals surface area contributed by atoms with Gasteiger partial charge < -0.3 is 15.0 Å². The average Bonchev–Trinajstić information content (AvgIpc) is 2.48. The van der Waals surface area contributed by atoms with Gasteiger partial charge in [-0.15, -0.1) is 0 Å². The maximum absolute atomic E-state index is 13.9. The average molecular weight is 281 g/mol. The number of hydrogen-bond donors (Lipinski definition) is 1. The van der Waals surface area contributed by atoms with Gasteiger partial charge in [0.15, 0.2) is 0 Å². The molecule has 2 rings (SSSR count). The van der Waals surface area contributed by atoms with E-state index in [9.17, 15) is 4.39 Å². The largest absolute Gasteiger partial charge is 0.497 e. The Balaban J connectivity index is 1.80. The highest BCUT2D eigenvalue weighted by molar-refractivity contribution is 5.28. The number of methoxy groups -OCH3 is 1. The summed E-state index contributed by atoms with van der Waals surface area (Å²) in [5, 5.41) is 3.34. The topological polar surface area (TPSA) is 27.7 Å². The quantitative estimate of drug-likeness (QED) is 0.847. The van der Waals surface area contributed by atoms with E-state index in [4.69, 9.17) is 4.74 Å². The van der Waals surface area contributed by atoms with Gasteiger partial charge in [0.2, 0.25) is 0 Å². The molecule has 1 saturated heterocycles. The summed E-state index contributed by atoms with van der Waals surface area (Å²) in [7, 11) is 3.58. The summed E-state index contributed by atoms with van der Waals surface area (Å²) in [5.74, 6) is 0.369. The Morgan fingerprint density at radius 3 is 2.75 bits per heavy atom. The summed E-state index contributed by atoms with van der Waals surface area (Å²) >= 11 is 0. The zero-order chi connectivity index (χ0) is 14.4. The van der Waals surface area contributed by atoms with E-state index in [-0.39, 0.29) is 5.82 Å². The lowest BCUT2D eigenvalue weighted by atomic mass is 10.2. The molecule has 0 spiro atoms. The van der Waals surface area contributed by atoms with Crippen LogP contribution in [0.1, 0.15) is 5.56 Å². The first kappa shape index (κ1) is 15.2. The molecule has 5 heteroatoms. The van der Waals surface area contributed by atoms with Gasteiger partial charge in [-0.05, 0) is 13.1 Å². The highest BCUT2D eigenvalue weighted by Crippen LogP contribution is 2.17. The van der Waals surface area contributed by atoms with Gasteiger partial charge in [-0.2, -0.15) is 0 Å². The smallest absolute Gasteiger partial charge is 0.131 e. The summed E-state index contributed by atoms with van der Waals surface area (Å²) in [6.07, 6.45) is 0. The molecule has 0 saturated carbocycles. The summed E-state index contributed by atoms with van der Waals surface area (Å²) < 4.78 is 18.9. The molecule has 1 aromatic rings. The van der Waals surface area contributed by atoms with E-state index >= 15 is 0 Å². The predicted octanol–water partition coefficient (Wildman–Crippen LogP) is 1.17. The Morgan fingerprint density at radius 1 is 1.35 bits per heavy atom. The number of hydrogen-bond acceptors (Lipinski definition) is 4. The molecular weight excluding hydrogens is 257 g/mol. The lowest BCUT2D eigenvalue weighted by molar-refractivity contribution is 0.201. The van der Waals surface area contributed by atoms with Crippen LogP contribution in [0.25, 0.3) is 0 Å². The molecule has 20 heavy (non-hydrogen) atoms. The second-order valence-corrected chi connectivity index (χ2v) is 5.29. The Morgan fingerprint density at radius 2 is 2.10 bits per heavy atom. The maximum Gasteiger partial charge on any atom is 0.131 e. The van der Waals surface area contributed by atoms with Crippen molar-refractivity contribution < 1.29 is 9.13 Å². The Bertz CT molecular complexity index is 422. The van der Waals surface area contributed by atoms with Gasteiger partial charge in [0, 0.05) is 57.4 Å². The number of nitrogens with zero attached hydrogens (tertiary/aromatic N) is 2. The van der Waals surface area contributed by atoms with Gasteiger partial charge >= 0.3 is 0 Å².